The first-order chi connectivity index (χ1) is 10.8. The number of ether oxygens (including phenoxy) is 1. The molecule has 1 amide bonds. The molecule has 0 radical (unpaired) electrons. The third kappa shape index (κ3) is 2.33. The molecule has 22 heavy (non-hydrogen) atoms. The van der Waals surface area contributed by atoms with Crippen molar-refractivity contribution in [2.45, 2.75) is 18.9 Å². The Hall–Kier alpha value is -2.08. The number of anilines is 1. The number of para-hydroxylation sites is 2. The number of nitrogens with zero attached hydrogens (tertiary/aromatic N) is 3. The number of hydrogen-bond donors (Lipinski definition) is 0. The lowest BCUT2D eigenvalue weighted by Gasteiger charge is -2.31. The number of fused-ring (bicyclic) bond motifs is 1. The minimum absolute atomic E-state index is 0.161. The average Bonchev–Trinajstić information content (AvgIpc) is 3.21. The normalized spacial score (nSPS) is 22.5. The molecular formula is C16H19N3O3. The summed E-state index contributed by atoms with van der Waals surface area (Å²) in [4.78, 5) is 21.2. The maximum Gasteiger partial charge on any atom is 0.299 e. The largest absolute Gasteiger partial charge is 0.423 e. The Kier molecular flexibility index (Phi) is 3.46. The van der Waals surface area contributed by atoms with E-state index in [0.29, 0.717) is 32.3 Å². The van der Waals surface area contributed by atoms with E-state index in [9.17, 15) is 4.79 Å². The van der Waals surface area contributed by atoms with E-state index in [-0.39, 0.29) is 11.9 Å². The predicted molar refractivity (Wildman–Crippen MR) is 81.8 cm³/mol. The van der Waals surface area contributed by atoms with Crippen LogP contribution in [0.2, 0.25) is 0 Å². The van der Waals surface area contributed by atoms with Gasteiger partial charge >= 0.3 is 0 Å². The standard InChI is InChI=1S/C16H19N3O3/c20-15(18-8-10-21-11-9-18)13-5-3-7-19(13)16-17-12-4-1-2-6-14(12)22-16/h1-2,4,6,13H,3,5,7-11H2/t13-/m1/s1. The van der Waals surface area contributed by atoms with Crippen molar-refractivity contribution in [3.63, 3.8) is 0 Å². The van der Waals surface area contributed by atoms with Crippen LogP contribution in [0.25, 0.3) is 11.1 Å². The fourth-order valence-electron chi connectivity index (χ4n) is 3.23. The van der Waals surface area contributed by atoms with Gasteiger partial charge < -0.3 is 19.0 Å². The molecule has 2 fully saturated rings. The van der Waals surface area contributed by atoms with Crippen molar-refractivity contribution in [2.24, 2.45) is 0 Å². The van der Waals surface area contributed by atoms with Crippen LogP contribution in [-0.2, 0) is 9.53 Å². The van der Waals surface area contributed by atoms with Gasteiger partial charge in [0.2, 0.25) is 5.91 Å². The molecule has 0 spiro atoms. The Bertz CT molecular complexity index is 645. The SMILES string of the molecule is O=C([C@H]1CCCN1c1nc2ccccc2o1)N1CCOCC1. The van der Waals surface area contributed by atoms with Crippen LogP contribution in [0.15, 0.2) is 28.7 Å². The van der Waals surface area contributed by atoms with Crippen molar-refractivity contribution in [2.75, 3.05) is 37.7 Å². The highest BCUT2D eigenvalue weighted by Crippen LogP contribution is 2.29. The fourth-order valence-corrected chi connectivity index (χ4v) is 3.23. The van der Waals surface area contributed by atoms with Crippen LogP contribution in [0.5, 0.6) is 0 Å². The molecule has 1 aromatic heterocycles. The summed E-state index contributed by atoms with van der Waals surface area (Å²) in [5.74, 6) is 0.169. The van der Waals surface area contributed by atoms with Crippen molar-refractivity contribution in [3.8, 4) is 0 Å². The highest BCUT2D eigenvalue weighted by Gasteiger charge is 2.36. The summed E-state index contributed by atoms with van der Waals surface area (Å²) in [6.07, 6.45) is 1.84. The second-order valence-corrected chi connectivity index (χ2v) is 5.75. The van der Waals surface area contributed by atoms with Crippen LogP contribution >= 0.6 is 0 Å². The van der Waals surface area contributed by atoms with Gasteiger partial charge in [-0.25, -0.2) is 0 Å². The molecule has 2 aromatic rings. The van der Waals surface area contributed by atoms with E-state index < -0.39 is 0 Å². The molecule has 0 N–H and O–H groups in total. The van der Waals surface area contributed by atoms with E-state index in [1.165, 1.54) is 0 Å². The van der Waals surface area contributed by atoms with Crippen molar-refractivity contribution >= 4 is 23.0 Å². The third-order valence-corrected chi connectivity index (χ3v) is 4.39. The molecule has 6 heteroatoms. The molecular weight excluding hydrogens is 282 g/mol. The lowest BCUT2D eigenvalue weighted by molar-refractivity contribution is -0.136. The van der Waals surface area contributed by atoms with Gasteiger partial charge in [-0.05, 0) is 25.0 Å². The number of amides is 1. The maximum atomic E-state index is 12.8. The fraction of sp³-hybridized carbons (Fsp3) is 0.500. The molecule has 2 aliphatic rings. The number of carbonyl (C=O) groups is 1. The monoisotopic (exact) mass is 301 g/mol. The van der Waals surface area contributed by atoms with Crippen LogP contribution in [0.1, 0.15) is 12.8 Å². The van der Waals surface area contributed by atoms with E-state index in [1.54, 1.807) is 0 Å². The van der Waals surface area contributed by atoms with Gasteiger partial charge in [-0.3, -0.25) is 4.79 Å². The second kappa shape index (κ2) is 5.61. The van der Waals surface area contributed by atoms with Crippen molar-refractivity contribution in [1.29, 1.82) is 0 Å². The number of morpholine rings is 1. The molecule has 2 aliphatic heterocycles. The number of carbonyl (C=O) groups excluding carboxylic acids is 1. The number of hydrogen-bond acceptors (Lipinski definition) is 5. The summed E-state index contributed by atoms with van der Waals surface area (Å²) < 4.78 is 11.2. The number of benzene rings is 1. The first-order valence-corrected chi connectivity index (χ1v) is 7.82. The molecule has 1 aromatic carbocycles. The zero-order valence-electron chi connectivity index (χ0n) is 12.4. The summed E-state index contributed by atoms with van der Waals surface area (Å²) >= 11 is 0. The summed E-state index contributed by atoms with van der Waals surface area (Å²) in [7, 11) is 0. The van der Waals surface area contributed by atoms with Gasteiger partial charge in [-0.1, -0.05) is 12.1 Å². The molecule has 0 aliphatic carbocycles. The average molecular weight is 301 g/mol. The highest BCUT2D eigenvalue weighted by atomic mass is 16.5. The number of aromatic nitrogens is 1. The zero-order chi connectivity index (χ0) is 14.9. The second-order valence-electron chi connectivity index (χ2n) is 5.75. The smallest absolute Gasteiger partial charge is 0.299 e. The number of oxazole rings is 1. The van der Waals surface area contributed by atoms with Crippen LogP contribution in [0.3, 0.4) is 0 Å². The van der Waals surface area contributed by atoms with Crippen molar-refractivity contribution in [3.05, 3.63) is 24.3 Å². The van der Waals surface area contributed by atoms with Crippen molar-refractivity contribution in [1.82, 2.24) is 9.88 Å². The molecule has 6 nitrogen and oxygen atoms in total. The predicted octanol–water partition coefficient (Wildman–Crippen LogP) is 1.66. The molecule has 0 unspecified atom stereocenters. The minimum atomic E-state index is -0.161. The summed E-state index contributed by atoms with van der Waals surface area (Å²) in [6, 6.07) is 8.10. The molecule has 2 saturated heterocycles. The van der Waals surface area contributed by atoms with Gasteiger partial charge in [0.05, 0.1) is 13.2 Å². The summed E-state index contributed by atoms with van der Waals surface area (Å²) in [5.41, 5.74) is 1.60. The Labute approximate surface area is 128 Å². The summed E-state index contributed by atoms with van der Waals surface area (Å²) in [6.45, 7) is 3.42. The lowest BCUT2D eigenvalue weighted by Crippen LogP contribution is -2.49. The van der Waals surface area contributed by atoms with Gasteiger partial charge in [0.25, 0.3) is 6.01 Å². The quantitative estimate of drug-likeness (QED) is 0.844. The van der Waals surface area contributed by atoms with E-state index >= 15 is 0 Å². The molecule has 4 rings (SSSR count). The van der Waals surface area contributed by atoms with Crippen LogP contribution < -0.4 is 4.90 Å². The van der Waals surface area contributed by atoms with E-state index in [4.69, 9.17) is 9.15 Å². The first-order valence-electron chi connectivity index (χ1n) is 7.82. The van der Waals surface area contributed by atoms with E-state index in [0.717, 1.165) is 30.5 Å². The highest BCUT2D eigenvalue weighted by molar-refractivity contribution is 5.86. The molecule has 0 saturated carbocycles. The Morgan fingerprint density at radius 1 is 1.18 bits per heavy atom. The molecule has 3 heterocycles. The topological polar surface area (TPSA) is 58.8 Å². The molecule has 0 bridgehead atoms. The van der Waals surface area contributed by atoms with E-state index in [1.807, 2.05) is 34.1 Å². The lowest BCUT2D eigenvalue weighted by atomic mass is 10.2. The Morgan fingerprint density at radius 3 is 2.82 bits per heavy atom. The molecule has 1 atom stereocenters. The van der Waals surface area contributed by atoms with Gasteiger partial charge in [0.1, 0.15) is 11.6 Å². The van der Waals surface area contributed by atoms with Crippen molar-refractivity contribution < 1.29 is 13.9 Å². The third-order valence-electron chi connectivity index (χ3n) is 4.39. The maximum absolute atomic E-state index is 12.8. The number of rotatable bonds is 2. The molecule has 116 valence electrons. The Morgan fingerprint density at radius 2 is 2.00 bits per heavy atom. The van der Waals surface area contributed by atoms with E-state index in [2.05, 4.69) is 4.98 Å². The minimum Gasteiger partial charge on any atom is -0.423 e. The van der Waals surface area contributed by atoms with Gasteiger partial charge in [0, 0.05) is 19.6 Å². The van der Waals surface area contributed by atoms with Gasteiger partial charge in [-0.2, -0.15) is 4.98 Å². The Balaban J connectivity index is 1.58. The van der Waals surface area contributed by atoms with Gasteiger partial charge in [-0.15, -0.1) is 0 Å². The van der Waals surface area contributed by atoms with Gasteiger partial charge in [0.15, 0.2) is 5.58 Å². The zero-order valence-corrected chi connectivity index (χ0v) is 12.4. The van der Waals surface area contributed by atoms with Crippen LogP contribution in [-0.4, -0.2) is 54.7 Å². The summed E-state index contributed by atoms with van der Waals surface area (Å²) in [5, 5.41) is 0. The first kappa shape index (κ1) is 13.6. The van der Waals surface area contributed by atoms with Crippen LogP contribution in [0, 0.1) is 0 Å². The van der Waals surface area contributed by atoms with Crippen LogP contribution in [0.4, 0.5) is 6.01 Å².